The monoisotopic (exact) mass is 336 g/mol. The number of carbonyl (C=O) groups is 2. The Kier molecular flexibility index (Phi) is 5.31. The van der Waals surface area contributed by atoms with Crippen LogP contribution < -0.4 is 20.3 Å². The molecule has 8 heteroatoms. The van der Waals surface area contributed by atoms with Crippen LogP contribution in [0, 0.1) is 11.6 Å². The zero-order valence-electron chi connectivity index (χ0n) is 12.9. The van der Waals surface area contributed by atoms with Gasteiger partial charge < -0.3 is 9.47 Å². The van der Waals surface area contributed by atoms with Crippen molar-refractivity contribution in [3.8, 4) is 11.5 Å². The lowest BCUT2D eigenvalue weighted by Gasteiger charge is -2.11. The summed E-state index contributed by atoms with van der Waals surface area (Å²) < 4.78 is 36.3. The van der Waals surface area contributed by atoms with Gasteiger partial charge >= 0.3 is 0 Å². The molecule has 126 valence electrons. The van der Waals surface area contributed by atoms with Gasteiger partial charge in [-0.15, -0.1) is 0 Å². The predicted molar refractivity (Wildman–Crippen MR) is 80.8 cm³/mol. The van der Waals surface area contributed by atoms with E-state index in [4.69, 9.17) is 9.47 Å². The van der Waals surface area contributed by atoms with Crippen LogP contribution in [0.5, 0.6) is 11.5 Å². The van der Waals surface area contributed by atoms with Crippen LogP contribution in [0.3, 0.4) is 0 Å². The molecule has 0 aromatic heterocycles. The SMILES string of the molecule is COc1ccc(C(=O)NNC(=O)c2cc(F)cc(F)c2)cc1OC. The summed E-state index contributed by atoms with van der Waals surface area (Å²) in [6.07, 6.45) is 0. The highest BCUT2D eigenvalue weighted by atomic mass is 19.1. The largest absolute Gasteiger partial charge is 0.493 e. The number of nitrogens with one attached hydrogen (secondary N) is 2. The Morgan fingerprint density at radius 3 is 1.88 bits per heavy atom. The number of benzene rings is 2. The van der Waals surface area contributed by atoms with Gasteiger partial charge in [0.25, 0.3) is 11.8 Å². The van der Waals surface area contributed by atoms with Crippen LogP contribution in [-0.2, 0) is 0 Å². The molecule has 0 saturated carbocycles. The molecule has 0 radical (unpaired) electrons. The van der Waals surface area contributed by atoms with Crippen LogP contribution in [-0.4, -0.2) is 26.0 Å². The van der Waals surface area contributed by atoms with Gasteiger partial charge in [0.2, 0.25) is 0 Å². The minimum Gasteiger partial charge on any atom is -0.493 e. The molecule has 0 heterocycles. The number of hydrogen-bond donors (Lipinski definition) is 2. The van der Waals surface area contributed by atoms with Crippen molar-refractivity contribution in [2.24, 2.45) is 0 Å². The van der Waals surface area contributed by atoms with Crippen molar-refractivity contribution in [1.29, 1.82) is 0 Å². The summed E-state index contributed by atoms with van der Waals surface area (Å²) in [5.41, 5.74) is 4.15. The molecule has 0 unspecified atom stereocenters. The molecule has 0 saturated heterocycles. The van der Waals surface area contributed by atoms with Crippen molar-refractivity contribution >= 4 is 11.8 Å². The Hall–Kier alpha value is -3.16. The average Bonchev–Trinajstić information content (AvgIpc) is 2.57. The Morgan fingerprint density at radius 2 is 1.33 bits per heavy atom. The summed E-state index contributed by atoms with van der Waals surface area (Å²) in [5.74, 6) is -2.52. The van der Waals surface area contributed by atoms with E-state index in [1.165, 1.54) is 32.4 Å². The molecule has 0 aliphatic carbocycles. The predicted octanol–water partition coefficient (Wildman–Crippen LogP) is 2.06. The summed E-state index contributed by atoms with van der Waals surface area (Å²) in [6, 6.07) is 6.74. The minimum atomic E-state index is -0.897. The lowest BCUT2D eigenvalue weighted by atomic mass is 10.2. The molecule has 0 aliphatic heterocycles. The number of hydrogen-bond acceptors (Lipinski definition) is 4. The second kappa shape index (κ2) is 7.40. The third-order valence-corrected chi connectivity index (χ3v) is 3.06. The number of halogens is 2. The van der Waals surface area contributed by atoms with Crippen molar-refractivity contribution in [3.05, 3.63) is 59.2 Å². The fraction of sp³-hybridized carbons (Fsp3) is 0.125. The first kappa shape index (κ1) is 17.2. The van der Waals surface area contributed by atoms with Crippen molar-refractivity contribution in [2.45, 2.75) is 0 Å². The fourth-order valence-electron chi connectivity index (χ4n) is 1.92. The zero-order valence-corrected chi connectivity index (χ0v) is 12.9. The molecular formula is C16H14F2N2O4. The molecule has 24 heavy (non-hydrogen) atoms. The number of rotatable bonds is 4. The topological polar surface area (TPSA) is 76.7 Å². The summed E-state index contributed by atoms with van der Waals surface area (Å²) in [4.78, 5) is 23.8. The molecule has 2 aromatic rings. The van der Waals surface area contributed by atoms with Gasteiger partial charge in [-0.2, -0.15) is 0 Å². The van der Waals surface area contributed by atoms with Gasteiger partial charge in [-0.1, -0.05) is 0 Å². The summed E-state index contributed by atoms with van der Waals surface area (Å²) in [5, 5.41) is 0. The summed E-state index contributed by atoms with van der Waals surface area (Å²) in [6.45, 7) is 0. The van der Waals surface area contributed by atoms with Gasteiger partial charge in [-0.05, 0) is 30.3 Å². The first-order chi connectivity index (χ1) is 11.4. The average molecular weight is 336 g/mol. The molecule has 0 spiro atoms. The van der Waals surface area contributed by atoms with Crippen molar-refractivity contribution in [1.82, 2.24) is 10.9 Å². The van der Waals surface area contributed by atoms with Crippen LogP contribution in [0.4, 0.5) is 8.78 Å². The minimum absolute atomic E-state index is 0.193. The van der Waals surface area contributed by atoms with E-state index in [2.05, 4.69) is 10.9 Å². The molecular weight excluding hydrogens is 322 g/mol. The van der Waals surface area contributed by atoms with Gasteiger partial charge in [0, 0.05) is 17.2 Å². The molecule has 0 atom stereocenters. The second-order valence-electron chi connectivity index (χ2n) is 4.64. The first-order valence-electron chi connectivity index (χ1n) is 6.73. The Balaban J connectivity index is 2.06. The van der Waals surface area contributed by atoms with Crippen LogP contribution in [0.2, 0.25) is 0 Å². The van der Waals surface area contributed by atoms with Crippen LogP contribution in [0.1, 0.15) is 20.7 Å². The standard InChI is InChI=1S/C16H14F2N2O4/c1-23-13-4-3-9(7-14(13)24-2)15(21)19-20-16(22)10-5-11(17)8-12(18)6-10/h3-8H,1-2H3,(H,19,21)(H,20,22). The molecule has 2 aromatic carbocycles. The normalized spacial score (nSPS) is 10.0. The van der Waals surface area contributed by atoms with E-state index in [0.717, 1.165) is 12.1 Å². The molecule has 2 N–H and O–H groups in total. The van der Waals surface area contributed by atoms with Crippen molar-refractivity contribution in [3.63, 3.8) is 0 Å². The highest BCUT2D eigenvalue weighted by molar-refractivity contribution is 5.99. The third kappa shape index (κ3) is 3.97. The van der Waals surface area contributed by atoms with Crippen molar-refractivity contribution < 1.29 is 27.8 Å². The third-order valence-electron chi connectivity index (χ3n) is 3.06. The van der Waals surface area contributed by atoms with E-state index in [-0.39, 0.29) is 11.1 Å². The molecule has 2 amide bonds. The molecule has 0 bridgehead atoms. The van der Waals surface area contributed by atoms with Gasteiger partial charge in [-0.25, -0.2) is 8.78 Å². The Labute approximate surface area is 136 Å². The van der Waals surface area contributed by atoms with E-state index in [0.29, 0.717) is 17.6 Å². The van der Waals surface area contributed by atoms with Gasteiger partial charge in [0.1, 0.15) is 11.6 Å². The summed E-state index contributed by atoms with van der Waals surface area (Å²) >= 11 is 0. The zero-order chi connectivity index (χ0) is 17.7. The van der Waals surface area contributed by atoms with Crippen LogP contribution in [0.15, 0.2) is 36.4 Å². The van der Waals surface area contributed by atoms with Crippen LogP contribution >= 0.6 is 0 Å². The van der Waals surface area contributed by atoms with E-state index in [1.54, 1.807) is 0 Å². The Bertz CT molecular complexity index is 760. The van der Waals surface area contributed by atoms with E-state index in [9.17, 15) is 18.4 Å². The van der Waals surface area contributed by atoms with Gasteiger partial charge in [-0.3, -0.25) is 20.4 Å². The van der Waals surface area contributed by atoms with E-state index in [1.807, 2.05) is 0 Å². The molecule has 0 fully saturated rings. The highest BCUT2D eigenvalue weighted by Crippen LogP contribution is 2.27. The maximum absolute atomic E-state index is 13.1. The quantitative estimate of drug-likeness (QED) is 0.838. The molecule has 2 rings (SSSR count). The smallest absolute Gasteiger partial charge is 0.269 e. The fourth-order valence-corrected chi connectivity index (χ4v) is 1.92. The number of carbonyl (C=O) groups excluding carboxylic acids is 2. The molecule has 0 aliphatic rings. The molecule has 6 nitrogen and oxygen atoms in total. The van der Waals surface area contributed by atoms with Gasteiger partial charge in [0.05, 0.1) is 14.2 Å². The summed E-state index contributed by atoms with van der Waals surface area (Å²) in [7, 11) is 2.87. The number of hydrazine groups is 1. The number of methoxy groups -OCH3 is 2. The first-order valence-corrected chi connectivity index (χ1v) is 6.73. The van der Waals surface area contributed by atoms with E-state index >= 15 is 0 Å². The maximum Gasteiger partial charge on any atom is 0.269 e. The lowest BCUT2D eigenvalue weighted by Crippen LogP contribution is -2.41. The Morgan fingerprint density at radius 1 is 0.792 bits per heavy atom. The van der Waals surface area contributed by atoms with Gasteiger partial charge in [0.15, 0.2) is 11.5 Å². The van der Waals surface area contributed by atoms with Crippen molar-refractivity contribution in [2.75, 3.05) is 14.2 Å². The lowest BCUT2D eigenvalue weighted by molar-refractivity contribution is 0.0846. The maximum atomic E-state index is 13.1. The highest BCUT2D eigenvalue weighted by Gasteiger charge is 2.13. The number of amides is 2. The van der Waals surface area contributed by atoms with Crippen LogP contribution in [0.25, 0.3) is 0 Å². The number of ether oxygens (including phenoxy) is 2. The van der Waals surface area contributed by atoms with E-state index < -0.39 is 23.4 Å². The second-order valence-corrected chi connectivity index (χ2v) is 4.64.